The van der Waals surface area contributed by atoms with Crippen molar-refractivity contribution in [3.63, 3.8) is 0 Å². The summed E-state index contributed by atoms with van der Waals surface area (Å²) < 4.78 is 10.8. The van der Waals surface area contributed by atoms with E-state index in [9.17, 15) is 4.79 Å². The highest BCUT2D eigenvalue weighted by Gasteiger charge is 2.26. The minimum absolute atomic E-state index is 0.0199. The van der Waals surface area contributed by atoms with E-state index >= 15 is 0 Å². The Hall–Kier alpha value is -1.75. The van der Waals surface area contributed by atoms with Crippen molar-refractivity contribution in [2.75, 3.05) is 26.8 Å². The van der Waals surface area contributed by atoms with Gasteiger partial charge in [-0.15, -0.1) is 0 Å². The monoisotopic (exact) mass is 292 g/mol. The van der Waals surface area contributed by atoms with Crippen molar-refractivity contribution in [3.8, 4) is 11.5 Å². The van der Waals surface area contributed by atoms with E-state index in [2.05, 4.69) is 0 Å². The topological polar surface area (TPSA) is 64.8 Å². The van der Waals surface area contributed by atoms with E-state index in [0.717, 1.165) is 25.8 Å². The van der Waals surface area contributed by atoms with Crippen LogP contribution in [0, 0.1) is 0 Å². The molecular weight excluding hydrogens is 268 g/mol. The van der Waals surface area contributed by atoms with Crippen LogP contribution in [0.5, 0.6) is 11.5 Å². The maximum atomic E-state index is 12.7. The highest BCUT2D eigenvalue weighted by molar-refractivity contribution is 5.95. The van der Waals surface area contributed by atoms with Gasteiger partial charge in [-0.2, -0.15) is 0 Å². The van der Waals surface area contributed by atoms with Gasteiger partial charge in [0.25, 0.3) is 5.91 Å². The SMILES string of the molecule is CCOc1ccc(C(=O)N2CCCC[C@H]2CN)cc1OC. The molecule has 1 aromatic carbocycles. The minimum Gasteiger partial charge on any atom is -0.493 e. The fourth-order valence-electron chi connectivity index (χ4n) is 2.75. The summed E-state index contributed by atoms with van der Waals surface area (Å²) in [5, 5.41) is 0. The average molecular weight is 292 g/mol. The first-order valence-corrected chi connectivity index (χ1v) is 7.53. The van der Waals surface area contributed by atoms with Crippen molar-refractivity contribution >= 4 is 5.91 Å². The number of nitrogens with two attached hydrogens (primary N) is 1. The summed E-state index contributed by atoms with van der Waals surface area (Å²) in [4.78, 5) is 14.6. The molecular formula is C16H24N2O3. The fourth-order valence-corrected chi connectivity index (χ4v) is 2.75. The second-order valence-electron chi connectivity index (χ2n) is 5.18. The number of hydrogen-bond donors (Lipinski definition) is 1. The third-order valence-electron chi connectivity index (χ3n) is 3.87. The fraction of sp³-hybridized carbons (Fsp3) is 0.562. The van der Waals surface area contributed by atoms with Crippen LogP contribution >= 0.6 is 0 Å². The molecule has 5 heteroatoms. The summed E-state index contributed by atoms with van der Waals surface area (Å²) in [6.45, 7) is 3.76. The second kappa shape index (κ2) is 7.31. The first-order chi connectivity index (χ1) is 10.2. The molecule has 1 heterocycles. The Balaban J connectivity index is 2.22. The number of rotatable bonds is 5. The number of nitrogens with zero attached hydrogens (tertiary/aromatic N) is 1. The van der Waals surface area contributed by atoms with E-state index in [0.29, 0.717) is 30.2 Å². The largest absolute Gasteiger partial charge is 0.493 e. The van der Waals surface area contributed by atoms with Crippen LogP contribution in [-0.2, 0) is 0 Å². The van der Waals surface area contributed by atoms with Crippen LogP contribution in [0.2, 0.25) is 0 Å². The third-order valence-corrected chi connectivity index (χ3v) is 3.87. The number of likely N-dealkylation sites (tertiary alicyclic amines) is 1. The van der Waals surface area contributed by atoms with Crippen LogP contribution in [0.3, 0.4) is 0 Å². The van der Waals surface area contributed by atoms with Gasteiger partial charge in [0.2, 0.25) is 0 Å². The summed E-state index contributed by atoms with van der Waals surface area (Å²) in [6.07, 6.45) is 3.16. The Morgan fingerprint density at radius 2 is 2.19 bits per heavy atom. The highest BCUT2D eigenvalue weighted by Crippen LogP contribution is 2.29. The molecule has 0 radical (unpaired) electrons. The van der Waals surface area contributed by atoms with Crippen molar-refractivity contribution in [2.45, 2.75) is 32.2 Å². The molecule has 5 nitrogen and oxygen atoms in total. The van der Waals surface area contributed by atoms with E-state index in [1.807, 2.05) is 11.8 Å². The maximum Gasteiger partial charge on any atom is 0.254 e. The molecule has 0 aliphatic carbocycles. The van der Waals surface area contributed by atoms with E-state index in [1.54, 1.807) is 25.3 Å². The smallest absolute Gasteiger partial charge is 0.254 e. The quantitative estimate of drug-likeness (QED) is 0.902. The van der Waals surface area contributed by atoms with Gasteiger partial charge in [-0.1, -0.05) is 0 Å². The zero-order valence-corrected chi connectivity index (χ0v) is 12.8. The standard InChI is InChI=1S/C16H24N2O3/c1-3-21-14-8-7-12(10-15(14)20-2)16(19)18-9-5-4-6-13(18)11-17/h7-8,10,13H,3-6,9,11,17H2,1-2H3/t13-/m0/s1. The average Bonchev–Trinajstić information content (AvgIpc) is 2.54. The van der Waals surface area contributed by atoms with E-state index < -0.39 is 0 Å². The van der Waals surface area contributed by atoms with Gasteiger partial charge in [0, 0.05) is 24.7 Å². The lowest BCUT2D eigenvalue weighted by molar-refractivity contribution is 0.0623. The molecule has 116 valence electrons. The summed E-state index contributed by atoms with van der Waals surface area (Å²) in [5.74, 6) is 1.26. The third kappa shape index (κ3) is 3.47. The van der Waals surface area contributed by atoms with Gasteiger partial charge >= 0.3 is 0 Å². The number of benzene rings is 1. The summed E-state index contributed by atoms with van der Waals surface area (Å²) in [6, 6.07) is 5.47. The number of hydrogen-bond acceptors (Lipinski definition) is 4. The second-order valence-corrected chi connectivity index (χ2v) is 5.18. The molecule has 1 fully saturated rings. The van der Waals surface area contributed by atoms with Crippen molar-refractivity contribution in [1.29, 1.82) is 0 Å². The molecule has 2 N–H and O–H groups in total. The Morgan fingerprint density at radius 1 is 1.38 bits per heavy atom. The van der Waals surface area contributed by atoms with Crippen molar-refractivity contribution in [2.24, 2.45) is 5.73 Å². The lowest BCUT2D eigenvalue weighted by Crippen LogP contribution is -2.47. The maximum absolute atomic E-state index is 12.7. The zero-order valence-electron chi connectivity index (χ0n) is 12.8. The molecule has 1 atom stereocenters. The molecule has 0 unspecified atom stereocenters. The van der Waals surface area contributed by atoms with Crippen LogP contribution in [0.15, 0.2) is 18.2 Å². The first-order valence-electron chi connectivity index (χ1n) is 7.53. The van der Waals surface area contributed by atoms with Gasteiger partial charge in [0.05, 0.1) is 13.7 Å². The normalized spacial score (nSPS) is 18.4. The molecule has 2 rings (SSSR count). The minimum atomic E-state index is 0.0199. The summed E-state index contributed by atoms with van der Waals surface area (Å²) in [5.41, 5.74) is 6.41. The van der Waals surface area contributed by atoms with Crippen molar-refractivity contribution in [3.05, 3.63) is 23.8 Å². The van der Waals surface area contributed by atoms with Crippen molar-refractivity contribution in [1.82, 2.24) is 4.90 Å². The van der Waals surface area contributed by atoms with Gasteiger partial charge in [0.1, 0.15) is 0 Å². The van der Waals surface area contributed by atoms with Crippen molar-refractivity contribution < 1.29 is 14.3 Å². The first kappa shape index (κ1) is 15.6. The highest BCUT2D eigenvalue weighted by atomic mass is 16.5. The van der Waals surface area contributed by atoms with Crippen LogP contribution in [-0.4, -0.2) is 43.7 Å². The lowest BCUT2D eigenvalue weighted by atomic mass is 10.0. The van der Waals surface area contributed by atoms with Crippen LogP contribution in [0.4, 0.5) is 0 Å². The predicted octanol–water partition coefficient (Wildman–Crippen LogP) is 2.05. The van der Waals surface area contributed by atoms with E-state index in [1.165, 1.54) is 0 Å². The Morgan fingerprint density at radius 3 is 2.86 bits per heavy atom. The molecule has 1 aromatic rings. The van der Waals surface area contributed by atoms with Gasteiger partial charge < -0.3 is 20.1 Å². The van der Waals surface area contributed by atoms with E-state index in [4.69, 9.17) is 15.2 Å². The molecule has 1 amide bonds. The Kier molecular flexibility index (Phi) is 5.44. The molecule has 21 heavy (non-hydrogen) atoms. The molecule has 0 saturated carbocycles. The van der Waals surface area contributed by atoms with Crippen LogP contribution in [0.25, 0.3) is 0 Å². The molecule has 0 bridgehead atoms. The predicted molar refractivity (Wildman–Crippen MR) is 81.9 cm³/mol. The van der Waals surface area contributed by atoms with Gasteiger partial charge in [0.15, 0.2) is 11.5 Å². The number of methoxy groups -OCH3 is 1. The summed E-state index contributed by atoms with van der Waals surface area (Å²) >= 11 is 0. The Bertz CT molecular complexity index is 490. The van der Waals surface area contributed by atoms with Gasteiger partial charge in [-0.05, 0) is 44.4 Å². The van der Waals surface area contributed by atoms with Crippen LogP contribution in [0.1, 0.15) is 36.5 Å². The van der Waals surface area contributed by atoms with Crippen LogP contribution < -0.4 is 15.2 Å². The molecule has 1 aliphatic heterocycles. The molecule has 0 spiro atoms. The number of piperidine rings is 1. The summed E-state index contributed by atoms with van der Waals surface area (Å²) in [7, 11) is 1.58. The zero-order chi connectivity index (χ0) is 15.2. The number of carbonyl (C=O) groups is 1. The molecule has 1 saturated heterocycles. The number of ether oxygens (including phenoxy) is 2. The molecule has 0 aromatic heterocycles. The number of carbonyl (C=O) groups excluding carboxylic acids is 1. The van der Waals surface area contributed by atoms with Gasteiger partial charge in [-0.3, -0.25) is 4.79 Å². The van der Waals surface area contributed by atoms with Gasteiger partial charge in [-0.25, -0.2) is 0 Å². The Labute approximate surface area is 126 Å². The lowest BCUT2D eigenvalue weighted by Gasteiger charge is -2.35. The van der Waals surface area contributed by atoms with E-state index in [-0.39, 0.29) is 11.9 Å². The molecule has 1 aliphatic rings. The number of amides is 1.